The van der Waals surface area contributed by atoms with Gasteiger partial charge in [0.25, 0.3) is 0 Å². The molecule has 1 aliphatic rings. The second kappa shape index (κ2) is 14.5. The van der Waals surface area contributed by atoms with Gasteiger partial charge in [-0.25, -0.2) is 4.79 Å². The fourth-order valence-electron chi connectivity index (χ4n) is 4.52. The Morgan fingerprint density at radius 2 is 1.55 bits per heavy atom. The molecular weight excluding hydrogens is 581 g/mol. The molecule has 1 heterocycles. The first-order valence-electron chi connectivity index (χ1n) is 14.1. The molecular formula is C30H39F3N6O5. The van der Waals surface area contributed by atoms with Crippen LogP contribution in [0.25, 0.3) is 0 Å². The number of nitrogens with one attached hydrogen (secondary N) is 3. The number of benzene rings is 2. The number of halogens is 3. The number of aryl methyl sites for hydroxylation is 1. The van der Waals surface area contributed by atoms with Crippen molar-refractivity contribution in [3.63, 3.8) is 0 Å². The van der Waals surface area contributed by atoms with E-state index in [1.165, 1.54) is 11.0 Å². The van der Waals surface area contributed by atoms with E-state index in [9.17, 15) is 32.3 Å². The molecule has 1 fully saturated rings. The summed E-state index contributed by atoms with van der Waals surface area (Å²) in [5.74, 6) is -2.15. The molecule has 1 saturated heterocycles. The van der Waals surface area contributed by atoms with Gasteiger partial charge in [-0.15, -0.1) is 0 Å². The monoisotopic (exact) mass is 620 g/mol. The van der Waals surface area contributed by atoms with Crippen molar-refractivity contribution in [2.24, 2.45) is 11.5 Å². The van der Waals surface area contributed by atoms with Crippen LogP contribution in [0.4, 0.5) is 23.7 Å². The number of likely N-dealkylation sites (tertiary alicyclic amines) is 1. The van der Waals surface area contributed by atoms with Gasteiger partial charge in [-0.05, 0) is 57.4 Å². The number of carbonyl (C=O) groups excluding carboxylic acids is 4. The smallest absolute Gasteiger partial charge is 0.416 e. The third-order valence-electron chi connectivity index (χ3n) is 6.81. The summed E-state index contributed by atoms with van der Waals surface area (Å²) in [7, 11) is 0. The van der Waals surface area contributed by atoms with Crippen LogP contribution in [0, 0.1) is 0 Å². The first-order valence-corrected chi connectivity index (χ1v) is 14.1. The van der Waals surface area contributed by atoms with Crippen molar-refractivity contribution in [2.75, 3.05) is 18.4 Å². The lowest BCUT2D eigenvalue weighted by Crippen LogP contribution is -2.54. The summed E-state index contributed by atoms with van der Waals surface area (Å²) in [6, 6.07) is 9.54. The first kappa shape index (κ1) is 34.3. The van der Waals surface area contributed by atoms with E-state index in [4.69, 9.17) is 16.2 Å². The van der Waals surface area contributed by atoms with Crippen molar-refractivity contribution in [3.05, 3.63) is 65.7 Å². The number of carbonyl (C=O) groups is 4. The summed E-state index contributed by atoms with van der Waals surface area (Å²) < 4.78 is 45.0. The molecule has 0 aliphatic carbocycles. The number of anilines is 1. The zero-order chi connectivity index (χ0) is 32.7. The van der Waals surface area contributed by atoms with Crippen molar-refractivity contribution in [3.8, 4) is 0 Å². The molecule has 0 radical (unpaired) electrons. The van der Waals surface area contributed by atoms with Crippen LogP contribution in [0.1, 0.15) is 44.7 Å². The van der Waals surface area contributed by atoms with Gasteiger partial charge in [0, 0.05) is 30.9 Å². The maximum atomic E-state index is 13.6. The Balaban J connectivity index is 1.82. The van der Waals surface area contributed by atoms with Gasteiger partial charge < -0.3 is 37.1 Å². The molecule has 14 heteroatoms. The molecule has 1 aliphatic heterocycles. The van der Waals surface area contributed by atoms with E-state index in [2.05, 4.69) is 16.0 Å². The first-order chi connectivity index (χ1) is 20.5. The number of hydrogen-bond acceptors (Lipinski definition) is 7. The molecule has 0 bridgehead atoms. The van der Waals surface area contributed by atoms with Crippen molar-refractivity contribution in [2.45, 2.75) is 76.0 Å². The van der Waals surface area contributed by atoms with E-state index in [0.29, 0.717) is 6.42 Å². The minimum absolute atomic E-state index is 0.0590. The number of amides is 4. The van der Waals surface area contributed by atoms with Crippen molar-refractivity contribution in [1.82, 2.24) is 15.5 Å². The number of rotatable bonds is 10. The number of alkyl halides is 3. The average molecular weight is 621 g/mol. The fourth-order valence-corrected chi connectivity index (χ4v) is 4.52. The van der Waals surface area contributed by atoms with E-state index in [-0.39, 0.29) is 25.2 Å². The number of hydrogen-bond donors (Lipinski definition) is 5. The van der Waals surface area contributed by atoms with Crippen LogP contribution in [0.2, 0.25) is 0 Å². The number of ether oxygens (including phenoxy) is 1. The Kier molecular flexibility index (Phi) is 11.3. The molecule has 240 valence electrons. The molecule has 7 N–H and O–H groups in total. The second-order valence-corrected chi connectivity index (χ2v) is 11.7. The highest BCUT2D eigenvalue weighted by Crippen LogP contribution is 2.30. The lowest BCUT2D eigenvalue weighted by atomic mass is 10.0. The maximum absolute atomic E-state index is 13.6. The standard InChI is InChI=1S/C30H39F3N6O5/c1-29(2,3)44-28(43)38-24(15-25(40)39-16-21(34)22(35)17-39)27(42)37-23(13-12-18-8-5-4-6-9-18)26(41)36-20-11-7-10-19(14-20)30(31,32)33/h4-11,14,21-24H,12-13,15-17,34-35H2,1-3H3,(H,36,41)(H,37,42)(H,38,43). The molecule has 4 amide bonds. The van der Waals surface area contributed by atoms with Crippen LogP contribution in [0.15, 0.2) is 54.6 Å². The maximum Gasteiger partial charge on any atom is 0.416 e. The van der Waals surface area contributed by atoms with Crippen LogP contribution in [0.3, 0.4) is 0 Å². The van der Waals surface area contributed by atoms with Crippen molar-refractivity contribution >= 4 is 29.5 Å². The zero-order valence-corrected chi connectivity index (χ0v) is 24.8. The van der Waals surface area contributed by atoms with Gasteiger partial charge in [0.1, 0.15) is 17.7 Å². The van der Waals surface area contributed by atoms with E-state index >= 15 is 0 Å². The fraction of sp³-hybridized carbons (Fsp3) is 0.467. The topological polar surface area (TPSA) is 169 Å². The van der Waals surface area contributed by atoms with Crippen LogP contribution >= 0.6 is 0 Å². The third kappa shape index (κ3) is 10.5. The minimum atomic E-state index is -4.63. The summed E-state index contributed by atoms with van der Waals surface area (Å²) in [5, 5.41) is 7.41. The number of alkyl carbamates (subject to hydrolysis) is 1. The number of nitrogens with zero attached hydrogens (tertiary/aromatic N) is 1. The largest absolute Gasteiger partial charge is 0.444 e. The van der Waals surface area contributed by atoms with Crippen LogP contribution < -0.4 is 27.4 Å². The van der Waals surface area contributed by atoms with E-state index in [1.54, 1.807) is 32.9 Å². The highest BCUT2D eigenvalue weighted by Gasteiger charge is 2.35. The zero-order valence-electron chi connectivity index (χ0n) is 24.8. The van der Waals surface area contributed by atoms with Crippen LogP contribution in [-0.4, -0.2) is 71.6 Å². The molecule has 2 aromatic carbocycles. The van der Waals surface area contributed by atoms with Gasteiger partial charge in [0.15, 0.2) is 0 Å². The summed E-state index contributed by atoms with van der Waals surface area (Å²) in [6.45, 7) is 5.20. The Morgan fingerprint density at radius 1 is 0.909 bits per heavy atom. The predicted molar refractivity (Wildman–Crippen MR) is 157 cm³/mol. The summed E-state index contributed by atoms with van der Waals surface area (Å²) in [5.41, 5.74) is 10.7. The van der Waals surface area contributed by atoms with Gasteiger partial charge in [-0.2, -0.15) is 13.2 Å². The molecule has 0 saturated carbocycles. The molecule has 3 rings (SSSR count). The average Bonchev–Trinajstić information content (AvgIpc) is 3.27. The SMILES string of the molecule is CC(C)(C)OC(=O)NC(CC(=O)N1CC(N)C(N)C1)C(=O)NC(CCc1ccccc1)C(=O)Nc1cccc(C(F)(F)F)c1. The highest BCUT2D eigenvalue weighted by molar-refractivity contribution is 5.99. The van der Waals surface area contributed by atoms with Gasteiger partial charge in [-0.1, -0.05) is 36.4 Å². The quantitative estimate of drug-likeness (QED) is 0.272. The lowest BCUT2D eigenvalue weighted by molar-refractivity contribution is -0.137. The lowest BCUT2D eigenvalue weighted by Gasteiger charge is -2.26. The molecule has 11 nitrogen and oxygen atoms in total. The van der Waals surface area contributed by atoms with Crippen molar-refractivity contribution in [1.29, 1.82) is 0 Å². The molecule has 44 heavy (non-hydrogen) atoms. The summed E-state index contributed by atoms with van der Waals surface area (Å²) >= 11 is 0. The Morgan fingerprint density at radius 3 is 2.14 bits per heavy atom. The van der Waals surface area contributed by atoms with Gasteiger partial charge in [0.05, 0.1) is 12.0 Å². The normalized spacial score (nSPS) is 18.2. The van der Waals surface area contributed by atoms with Crippen LogP contribution in [0.5, 0.6) is 0 Å². The third-order valence-corrected chi connectivity index (χ3v) is 6.81. The molecule has 2 aromatic rings. The molecule has 0 spiro atoms. The Bertz CT molecular complexity index is 1310. The van der Waals surface area contributed by atoms with E-state index < -0.39 is 71.7 Å². The second-order valence-electron chi connectivity index (χ2n) is 11.7. The van der Waals surface area contributed by atoms with E-state index in [0.717, 1.165) is 23.8 Å². The summed E-state index contributed by atoms with van der Waals surface area (Å²) in [6.07, 6.45) is -5.68. The molecule has 0 aromatic heterocycles. The molecule has 4 unspecified atom stereocenters. The van der Waals surface area contributed by atoms with Gasteiger partial charge >= 0.3 is 12.3 Å². The van der Waals surface area contributed by atoms with Gasteiger partial charge in [0.2, 0.25) is 17.7 Å². The Labute approximate surface area is 253 Å². The van der Waals surface area contributed by atoms with Gasteiger partial charge in [-0.3, -0.25) is 14.4 Å². The highest BCUT2D eigenvalue weighted by atomic mass is 19.4. The predicted octanol–water partition coefficient (Wildman–Crippen LogP) is 2.54. The summed E-state index contributed by atoms with van der Waals surface area (Å²) in [4.78, 5) is 54.0. The van der Waals surface area contributed by atoms with Crippen molar-refractivity contribution < 1.29 is 37.1 Å². The van der Waals surface area contributed by atoms with Crippen LogP contribution in [-0.2, 0) is 31.7 Å². The minimum Gasteiger partial charge on any atom is -0.444 e. The Hall–Kier alpha value is -4.17. The number of nitrogens with two attached hydrogens (primary N) is 2. The molecule has 4 atom stereocenters. The van der Waals surface area contributed by atoms with E-state index in [1.807, 2.05) is 18.2 Å².